The number of azide groups is 1. The van der Waals surface area contributed by atoms with E-state index < -0.39 is 5.91 Å². The van der Waals surface area contributed by atoms with E-state index in [1.807, 2.05) is 30.3 Å². The first-order valence-corrected chi connectivity index (χ1v) is 5.70. The Bertz CT molecular complexity index is 553. The van der Waals surface area contributed by atoms with Crippen molar-refractivity contribution >= 4 is 5.91 Å². The van der Waals surface area contributed by atoms with Gasteiger partial charge in [-0.05, 0) is 27.8 Å². The van der Waals surface area contributed by atoms with Crippen LogP contribution >= 0.6 is 0 Å². The van der Waals surface area contributed by atoms with Crippen molar-refractivity contribution in [2.24, 2.45) is 5.11 Å². The van der Waals surface area contributed by atoms with Gasteiger partial charge in [-0.25, -0.2) is 0 Å². The monoisotopic (exact) mass is 253 g/mol. The summed E-state index contributed by atoms with van der Waals surface area (Å²) in [5, 5.41) is 10.7. The molecule has 6 heteroatoms. The molecule has 1 atom stereocenters. The summed E-state index contributed by atoms with van der Waals surface area (Å²) in [5.74, 6) is -0.678. The first-order valence-electron chi connectivity index (χ1n) is 5.70. The molecule has 94 valence electrons. The van der Waals surface area contributed by atoms with E-state index in [9.17, 15) is 4.79 Å². The van der Waals surface area contributed by atoms with Crippen LogP contribution < -0.4 is 0 Å². The number of benzene rings is 1. The highest BCUT2D eigenvalue weighted by Gasteiger charge is 2.17. The van der Waals surface area contributed by atoms with E-state index in [1.54, 1.807) is 18.5 Å². The van der Waals surface area contributed by atoms with E-state index in [2.05, 4.69) is 20.2 Å². The fourth-order valence-corrected chi connectivity index (χ4v) is 1.89. The van der Waals surface area contributed by atoms with Crippen LogP contribution in [0.2, 0.25) is 0 Å². The van der Waals surface area contributed by atoms with E-state index in [-0.39, 0.29) is 12.3 Å². The lowest BCUT2D eigenvalue weighted by molar-refractivity contribution is -0.118. The molecule has 6 nitrogen and oxygen atoms in total. The Morgan fingerprint density at radius 3 is 2.63 bits per heavy atom. The molecule has 1 aromatic carbocycles. The summed E-state index contributed by atoms with van der Waals surface area (Å²) in [6.07, 6.45) is 3.30. The van der Waals surface area contributed by atoms with Gasteiger partial charge in [-0.15, -0.1) is 0 Å². The Balaban J connectivity index is 2.34. The maximum Gasteiger partial charge on any atom is 0.219 e. The molecule has 0 saturated carbocycles. The highest BCUT2D eigenvalue weighted by atomic mass is 16.1. The predicted octanol–water partition coefficient (Wildman–Crippen LogP) is 2.84. The van der Waals surface area contributed by atoms with Gasteiger partial charge in [0.05, 0.1) is 6.20 Å². The molecule has 19 heavy (non-hydrogen) atoms. The van der Waals surface area contributed by atoms with Crippen molar-refractivity contribution in [3.05, 3.63) is 70.4 Å². The van der Waals surface area contributed by atoms with Crippen LogP contribution in [-0.4, -0.2) is 16.1 Å². The lowest BCUT2D eigenvalue weighted by Crippen LogP contribution is -2.07. The van der Waals surface area contributed by atoms with Gasteiger partial charge in [0.1, 0.15) is 0 Å². The number of hydrogen-bond donors (Lipinski definition) is 0. The zero-order valence-corrected chi connectivity index (χ0v) is 10.0. The van der Waals surface area contributed by atoms with E-state index in [4.69, 9.17) is 5.53 Å². The molecule has 1 heterocycles. The molecule has 1 aromatic heterocycles. The lowest BCUT2D eigenvalue weighted by atomic mass is 9.89. The second kappa shape index (κ2) is 6.28. The van der Waals surface area contributed by atoms with Crippen molar-refractivity contribution in [3.8, 4) is 0 Å². The maximum absolute atomic E-state index is 11.5. The zero-order chi connectivity index (χ0) is 13.5. The quantitative estimate of drug-likeness (QED) is 0.476. The highest BCUT2D eigenvalue weighted by Crippen LogP contribution is 2.27. The smallest absolute Gasteiger partial charge is 0.219 e. The first kappa shape index (κ1) is 12.7. The Morgan fingerprint density at radius 2 is 2.00 bits per heavy atom. The van der Waals surface area contributed by atoms with Crippen LogP contribution in [0.5, 0.6) is 0 Å². The summed E-state index contributed by atoms with van der Waals surface area (Å²) in [6, 6.07) is 11.3. The number of carbonyl (C=O) groups is 1. The molecule has 0 aliphatic carbocycles. The number of amides is 1. The first-order chi connectivity index (χ1) is 9.31. The lowest BCUT2D eigenvalue weighted by Gasteiger charge is -2.15. The van der Waals surface area contributed by atoms with Crippen LogP contribution in [0.3, 0.4) is 0 Å². The molecule has 1 amide bonds. The number of hydrogen-bond acceptors (Lipinski definition) is 3. The fraction of sp³-hybridized carbons (Fsp3) is 0.154. The van der Waals surface area contributed by atoms with Crippen LogP contribution in [0, 0.1) is 0 Å². The third-order valence-corrected chi connectivity index (χ3v) is 2.75. The highest BCUT2D eigenvalue weighted by molar-refractivity contribution is 5.78. The largest absolute Gasteiger partial charge is 0.293 e. The summed E-state index contributed by atoms with van der Waals surface area (Å²) < 4.78 is 0. The Kier molecular flexibility index (Phi) is 4.21. The van der Waals surface area contributed by atoms with Crippen LogP contribution in [0.4, 0.5) is 0 Å². The van der Waals surface area contributed by atoms with Crippen LogP contribution in [0.15, 0.2) is 53.9 Å². The molecule has 0 aliphatic rings. The predicted molar refractivity (Wildman–Crippen MR) is 69.1 cm³/mol. The Morgan fingerprint density at radius 1 is 1.21 bits per heavy atom. The molecular weight excluding hydrogens is 242 g/mol. The molecule has 0 aliphatic heterocycles. The van der Waals surface area contributed by atoms with Crippen LogP contribution in [-0.2, 0) is 4.79 Å². The second-order valence-electron chi connectivity index (χ2n) is 3.93. The van der Waals surface area contributed by atoms with Gasteiger partial charge in [-0.2, -0.15) is 10.2 Å². The summed E-state index contributed by atoms with van der Waals surface area (Å²) in [5.41, 5.74) is 10.1. The SMILES string of the molecule is [N-]=[N+]=NC(=O)CC(c1ccccc1)c1ccnnc1. The molecule has 0 fully saturated rings. The van der Waals surface area contributed by atoms with Crippen molar-refractivity contribution in [2.45, 2.75) is 12.3 Å². The average molecular weight is 253 g/mol. The number of aromatic nitrogens is 2. The van der Waals surface area contributed by atoms with Gasteiger partial charge in [0, 0.05) is 23.4 Å². The third-order valence-electron chi connectivity index (χ3n) is 2.75. The van der Waals surface area contributed by atoms with Crippen molar-refractivity contribution < 1.29 is 4.79 Å². The van der Waals surface area contributed by atoms with E-state index in [1.165, 1.54) is 0 Å². The van der Waals surface area contributed by atoms with Crippen molar-refractivity contribution in [3.63, 3.8) is 0 Å². The Labute approximate surface area is 109 Å². The summed E-state index contributed by atoms with van der Waals surface area (Å²) >= 11 is 0. The molecule has 0 spiro atoms. The number of nitrogens with zero attached hydrogens (tertiary/aromatic N) is 5. The van der Waals surface area contributed by atoms with Gasteiger partial charge < -0.3 is 0 Å². The molecule has 0 radical (unpaired) electrons. The maximum atomic E-state index is 11.5. The molecule has 0 saturated heterocycles. The van der Waals surface area contributed by atoms with E-state index in [0.29, 0.717) is 0 Å². The molecule has 2 aromatic rings. The third kappa shape index (κ3) is 3.37. The number of carbonyl (C=O) groups excluding carboxylic acids is 1. The Hall–Kier alpha value is -2.72. The van der Waals surface area contributed by atoms with Gasteiger partial charge in [0.25, 0.3) is 0 Å². The van der Waals surface area contributed by atoms with E-state index >= 15 is 0 Å². The van der Waals surface area contributed by atoms with Crippen LogP contribution in [0.25, 0.3) is 10.4 Å². The van der Waals surface area contributed by atoms with Gasteiger partial charge in [0.2, 0.25) is 5.91 Å². The fourth-order valence-electron chi connectivity index (χ4n) is 1.89. The topological polar surface area (TPSA) is 91.6 Å². The van der Waals surface area contributed by atoms with Crippen LogP contribution in [0.1, 0.15) is 23.5 Å². The minimum Gasteiger partial charge on any atom is -0.293 e. The molecule has 2 rings (SSSR count). The summed E-state index contributed by atoms with van der Waals surface area (Å²) in [4.78, 5) is 14.1. The van der Waals surface area contributed by atoms with Crippen molar-refractivity contribution in [1.29, 1.82) is 0 Å². The molecule has 0 N–H and O–H groups in total. The minimum absolute atomic E-state index is 0.111. The van der Waals surface area contributed by atoms with Gasteiger partial charge in [0.15, 0.2) is 0 Å². The molecular formula is C13H11N5O. The molecule has 0 bridgehead atoms. The molecule has 1 unspecified atom stereocenters. The number of rotatable bonds is 4. The summed E-state index contributed by atoms with van der Waals surface area (Å²) in [6.45, 7) is 0. The van der Waals surface area contributed by atoms with Gasteiger partial charge in [-0.3, -0.25) is 4.79 Å². The second-order valence-corrected chi connectivity index (χ2v) is 3.93. The van der Waals surface area contributed by atoms with E-state index in [0.717, 1.165) is 11.1 Å². The van der Waals surface area contributed by atoms with Crippen molar-refractivity contribution in [2.75, 3.05) is 0 Å². The minimum atomic E-state index is -0.492. The standard InChI is InChI=1S/C13H11N5O/c14-18-17-13(19)8-12(10-4-2-1-3-5-10)11-6-7-15-16-9-11/h1-7,9,12H,8H2. The average Bonchev–Trinajstić information content (AvgIpc) is 2.47. The zero-order valence-electron chi connectivity index (χ0n) is 10.0. The summed E-state index contributed by atoms with van der Waals surface area (Å²) in [7, 11) is 0. The van der Waals surface area contributed by atoms with Crippen molar-refractivity contribution in [1.82, 2.24) is 10.2 Å². The van der Waals surface area contributed by atoms with Gasteiger partial charge in [-0.1, -0.05) is 30.3 Å². The normalized spacial score (nSPS) is 11.4. The van der Waals surface area contributed by atoms with Gasteiger partial charge >= 0.3 is 0 Å².